The Hall–Kier alpha value is -2.37. The Kier molecular flexibility index (Phi) is 6.06. The highest BCUT2D eigenvalue weighted by Gasteiger charge is 2.37. The number of carbonyl (C=O) groups is 1. The normalized spacial score (nSPS) is 18.2. The van der Waals surface area contributed by atoms with E-state index in [2.05, 4.69) is 0 Å². The lowest BCUT2D eigenvalue weighted by Gasteiger charge is -2.31. The van der Waals surface area contributed by atoms with Gasteiger partial charge in [0.15, 0.2) is 0 Å². The van der Waals surface area contributed by atoms with Crippen molar-refractivity contribution in [1.29, 1.82) is 0 Å². The molecule has 150 valence electrons. The van der Waals surface area contributed by atoms with Crippen LogP contribution in [0.15, 0.2) is 48.5 Å². The van der Waals surface area contributed by atoms with Crippen LogP contribution in [-0.2, 0) is 11.3 Å². The van der Waals surface area contributed by atoms with Gasteiger partial charge in [0.1, 0.15) is 5.60 Å². The highest BCUT2D eigenvalue weighted by atomic mass is 16.6. The van der Waals surface area contributed by atoms with Gasteiger partial charge in [-0.15, -0.1) is 0 Å². The molecule has 3 rings (SSSR count). The van der Waals surface area contributed by atoms with Gasteiger partial charge in [0.2, 0.25) is 0 Å². The van der Waals surface area contributed by atoms with Crippen molar-refractivity contribution in [3.63, 3.8) is 0 Å². The zero-order valence-electron chi connectivity index (χ0n) is 16.8. The molecule has 0 aliphatic carbocycles. The fourth-order valence-corrected chi connectivity index (χ4v) is 3.67. The summed E-state index contributed by atoms with van der Waals surface area (Å²) >= 11 is 0. The van der Waals surface area contributed by atoms with Crippen LogP contribution in [0.4, 0.5) is 4.79 Å². The molecule has 2 aromatic rings. The zero-order chi connectivity index (χ0) is 20.3. The van der Waals surface area contributed by atoms with Gasteiger partial charge in [0.05, 0.1) is 18.8 Å². The number of hydrogen-bond donors (Lipinski definition) is 2. The molecule has 2 unspecified atom stereocenters. The Morgan fingerprint density at radius 3 is 2.54 bits per heavy atom. The van der Waals surface area contributed by atoms with Crippen molar-refractivity contribution in [3.05, 3.63) is 59.7 Å². The van der Waals surface area contributed by atoms with Crippen LogP contribution in [0.25, 0.3) is 11.1 Å². The molecule has 1 fully saturated rings. The third-order valence-electron chi connectivity index (χ3n) is 4.94. The van der Waals surface area contributed by atoms with E-state index in [1.54, 1.807) is 4.90 Å². The number of nitrogens with zero attached hydrogens (tertiary/aromatic N) is 1. The number of ether oxygens (including phenoxy) is 1. The maximum absolute atomic E-state index is 12.6. The second-order valence-corrected chi connectivity index (χ2v) is 8.32. The van der Waals surface area contributed by atoms with Gasteiger partial charge in [-0.3, -0.25) is 0 Å². The summed E-state index contributed by atoms with van der Waals surface area (Å²) < 4.78 is 5.51. The number of hydrogen-bond acceptors (Lipinski definition) is 4. The lowest BCUT2D eigenvalue weighted by atomic mass is 9.94. The van der Waals surface area contributed by atoms with Crippen LogP contribution in [0.1, 0.15) is 50.8 Å². The molecular formula is C23H29NO4. The first-order valence-electron chi connectivity index (χ1n) is 9.76. The van der Waals surface area contributed by atoms with Crippen LogP contribution < -0.4 is 0 Å². The Morgan fingerprint density at radius 2 is 1.89 bits per heavy atom. The van der Waals surface area contributed by atoms with Crippen molar-refractivity contribution < 1.29 is 19.7 Å². The average molecular weight is 383 g/mol. The van der Waals surface area contributed by atoms with Gasteiger partial charge in [-0.25, -0.2) is 4.79 Å². The van der Waals surface area contributed by atoms with Crippen LogP contribution in [0, 0.1) is 0 Å². The largest absolute Gasteiger partial charge is 0.444 e. The summed E-state index contributed by atoms with van der Waals surface area (Å²) in [6.45, 7) is 5.97. The fourth-order valence-electron chi connectivity index (χ4n) is 3.67. The van der Waals surface area contributed by atoms with E-state index in [1.807, 2.05) is 69.3 Å². The molecule has 5 nitrogen and oxygen atoms in total. The lowest BCUT2D eigenvalue weighted by molar-refractivity contribution is 0.00489. The lowest BCUT2D eigenvalue weighted by Crippen LogP contribution is -2.42. The molecule has 0 saturated carbocycles. The van der Waals surface area contributed by atoms with Crippen LogP contribution in [-0.4, -0.2) is 39.4 Å². The van der Waals surface area contributed by atoms with E-state index in [0.717, 1.165) is 23.1 Å². The molecule has 2 N–H and O–H groups in total. The third kappa shape index (κ3) is 4.72. The summed E-state index contributed by atoms with van der Waals surface area (Å²) in [5, 5.41) is 20.8. The Morgan fingerprint density at radius 1 is 1.18 bits per heavy atom. The second kappa shape index (κ2) is 8.33. The van der Waals surface area contributed by atoms with E-state index in [9.17, 15) is 15.0 Å². The number of amides is 1. The predicted octanol–water partition coefficient (Wildman–Crippen LogP) is 4.28. The van der Waals surface area contributed by atoms with E-state index < -0.39 is 17.8 Å². The molecule has 1 amide bonds. The van der Waals surface area contributed by atoms with Gasteiger partial charge >= 0.3 is 6.09 Å². The fraction of sp³-hybridized carbons (Fsp3) is 0.435. The van der Waals surface area contributed by atoms with E-state index in [1.165, 1.54) is 0 Å². The summed E-state index contributed by atoms with van der Waals surface area (Å²) in [5.41, 5.74) is 2.81. The van der Waals surface area contributed by atoms with Gasteiger partial charge in [0.25, 0.3) is 0 Å². The first-order chi connectivity index (χ1) is 13.3. The molecule has 1 aliphatic rings. The van der Waals surface area contributed by atoms with Crippen LogP contribution in [0.5, 0.6) is 0 Å². The van der Waals surface area contributed by atoms with Crippen molar-refractivity contribution >= 4 is 6.09 Å². The quantitative estimate of drug-likeness (QED) is 0.827. The van der Waals surface area contributed by atoms with E-state index in [-0.39, 0.29) is 12.6 Å². The van der Waals surface area contributed by atoms with Crippen molar-refractivity contribution in [2.75, 3.05) is 6.54 Å². The molecule has 0 bridgehead atoms. The molecule has 2 atom stereocenters. The first-order valence-corrected chi connectivity index (χ1v) is 9.76. The Balaban J connectivity index is 1.88. The molecule has 1 heterocycles. The molecule has 0 spiro atoms. The van der Waals surface area contributed by atoms with E-state index in [0.29, 0.717) is 18.5 Å². The summed E-state index contributed by atoms with van der Waals surface area (Å²) in [6, 6.07) is 15.2. The van der Waals surface area contributed by atoms with Crippen molar-refractivity contribution in [2.45, 2.75) is 58.0 Å². The van der Waals surface area contributed by atoms with E-state index >= 15 is 0 Å². The van der Waals surface area contributed by atoms with Gasteiger partial charge in [0, 0.05) is 6.54 Å². The number of aliphatic hydroxyl groups excluding tert-OH is 2. The first kappa shape index (κ1) is 20.4. The zero-order valence-corrected chi connectivity index (χ0v) is 16.8. The van der Waals surface area contributed by atoms with Crippen molar-refractivity contribution in [3.8, 4) is 11.1 Å². The van der Waals surface area contributed by atoms with Crippen LogP contribution in [0.2, 0.25) is 0 Å². The van der Waals surface area contributed by atoms with Gasteiger partial charge in [-0.05, 0) is 68.0 Å². The van der Waals surface area contributed by atoms with Crippen LogP contribution >= 0.6 is 0 Å². The van der Waals surface area contributed by atoms with E-state index in [4.69, 9.17) is 4.74 Å². The van der Waals surface area contributed by atoms with Gasteiger partial charge < -0.3 is 19.8 Å². The summed E-state index contributed by atoms with van der Waals surface area (Å²) in [6.07, 6.45) is 0.302. The minimum absolute atomic E-state index is 0.110. The monoisotopic (exact) mass is 383 g/mol. The van der Waals surface area contributed by atoms with Crippen molar-refractivity contribution in [2.24, 2.45) is 0 Å². The minimum Gasteiger partial charge on any atom is -0.444 e. The number of rotatable bonds is 4. The number of carbonyl (C=O) groups excluding carboxylic acids is 1. The molecule has 1 saturated heterocycles. The maximum Gasteiger partial charge on any atom is 0.410 e. The second-order valence-electron chi connectivity index (χ2n) is 8.32. The molecule has 0 radical (unpaired) electrons. The molecule has 0 aromatic heterocycles. The third-order valence-corrected chi connectivity index (χ3v) is 4.94. The number of aliphatic hydroxyl groups is 2. The number of likely N-dealkylation sites (tertiary alicyclic amines) is 1. The minimum atomic E-state index is -0.844. The molecule has 5 heteroatoms. The summed E-state index contributed by atoms with van der Waals surface area (Å²) in [7, 11) is 0. The molecule has 2 aromatic carbocycles. The maximum atomic E-state index is 12.6. The SMILES string of the molecule is CC(C)(C)OC(=O)N1CCCC1C(O)c1cc(CO)cc(-c2ccccc2)c1. The highest BCUT2D eigenvalue weighted by molar-refractivity contribution is 5.69. The summed E-state index contributed by atoms with van der Waals surface area (Å²) in [4.78, 5) is 14.2. The smallest absolute Gasteiger partial charge is 0.410 e. The number of benzene rings is 2. The molecule has 28 heavy (non-hydrogen) atoms. The standard InChI is InChI=1S/C23H29NO4/c1-23(2,3)28-22(27)24-11-7-10-20(24)21(26)19-13-16(15-25)12-18(14-19)17-8-5-4-6-9-17/h4-6,8-9,12-14,20-21,25-26H,7,10-11,15H2,1-3H3. The topological polar surface area (TPSA) is 70.0 Å². The van der Waals surface area contributed by atoms with Crippen molar-refractivity contribution in [1.82, 2.24) is 4.90 Å². The Labute approximate surface area is 166 Å². The average Bonchev–Trinajstić information content (AvgIpc) is 3.16. The highest BCUT2D eigenvalue weighted by Crippen LogP contribution is 2.33. The van der Waals surface area contributed by atoms with Crippen LogP contribution in [0.3, 0.4) is 0 Å². The predicted molar refractivity (Wildman–Crippen MR) is 109 cm³/mol. The van der Waals surface area contributed by atoms with Gasteiger partial charge in [-0.1, -0.05) is 36.4 Å². The molecule has 1 aliphatic heterocycles. The van der Waals surface area contributed by atoms with Gasteiger partial charge in [-0.2, -0.15) is 0 Å². The molecular weight excluding hydrogens is 354 g/mol. The Bertz CT molecular complexity index is 813. The summed E-state index contributed by atoms with van der Waals surface area (Å²) in [5.74, 6) is 0.